The van der Waals surface area contributed by atoms with E-state index in [-0.39, 0.29) is 17.5 Å². The van der Waals surface area contributed by atoms with Gasteiger partial charge in [0, 0.05) is 24.7 Å². The van der Waals surface area contributed by atoms with Crippen LogP contribution in [0.5, 0.6) is 0 Å². The molecule has 2 aromatic rings. The summed E-state index contributed by atoms with van der Waals surface area (Å²) < 4.78 is 3.47. The zero-order valence-electron chi connectivity index (χ0n) is 18.4. The number of piperidine rings is 1. The summed E-state index contributed by atoms with van der Waals surface area (Å²) in [4.78, 5) is 27.4. The van der Waals surface area contributed by atoms with Gasteiger partial charge in [0.2, 0.25) is 5.91 Å². The summed E-state index contributed by atoms with van der Waals surface area (Å²) in [5, 5.41) is 7.66. The fourth-order valence-corrected chi connectivity index (χ4v) is 4.90. The van der Waals surface area contributed by atoms with Crippen LogP contribution in [0.4, 0.5) is 5.69 Å². The van der Waals surface area contributed by atoms with Crippen molar-refractivity contribution >= 4 is 11.6 Å². The van der Waals surface area contributed by atoms with Crippen LogP contribution in [-0.4, -0.2) is 44.8 Å². The van der Waals surface area contributed by atoms with Crippen LogP contribution < -0.4 is 11.0 Å². The monoisotopic (exact) mass is 411 g/mol. The lowest BCUT2D eigenvalue weighted by Gasteiger charge is -2.31. The van der Waals surface area contributed by atoms with Crippen LogP contribution in [0.3, 0.4) is 0 Å². The van der Waals surface area contributed by atoms with Crippen LogP contribution >= 0.6 is 0 Å². The third kappa shape index (κ3) is 4.36. The van der Waals surface area contributed by atoms with Crippen molar-refractivity contribution < 1.29 is 4.79 Å². The van der Waals surface area contributed by atoms with Crippen LogP contribution in [0.1, 0.15) is 67.4 Å². The predicted molar refractivity (Wildman–Crippen MR) is 118 cm³/mol. The zero-order chi connectivity index (χ0) is 21.3. The first kappa shape index (κ1) is 20.8. The Labute approximate surface area is 178 Å². The van der Waals surface area contributed by atoms with E-state index in [0.717, 1.165) is 61.4 Å². The number of hydrogen-bond acceptors (Lipinski definition) is 4. The number of carbonyl (C=O) groups excluding carboxylic acids is 1. The molecule has 162 valence electrons. The number of anilines is 1. The van der Waals surface area contributed by atoms with E-state index in [9.17, 15) is 9.59 Å². The van der Waals surface area contributed by atoms with E-state index in [1.807, 2.05) is 30.5 Å². The van der Waals surface area contributed by atoms with Crippen LogP contribution in [-0.2, 0) is 11.8 Å². The minimum absolute atomic E-state index is 0.0206. The summed E-state index contributed by atoms with van der Waals surface area (Å²) in [5.41, 5.74) is 3.13. The van der Waals surface area contributed by atoms with Crippen molar-refractivity contribution in [1.82, 2.24) is 19.2 Å². The summed E-state index contributed by atoms with van der Waals surface area (Å²) in [7, 11) is 1.75. The number of hydrogen-bond donors (Lipinski definition) is 1. The van der Waals surface area contributed by atoms with Gasteiger partial charge in [-0.15, -0.1) is 0 Å². The lowest BCUT2D eigenvalue weighted by molar-refractivity contribution is -0.117. The molecule has 2 fully saturated rings. The van der Waals surface area contributed by atoms with Crippen molar-refractivity contribution in [2.24, 2.45) is 7.05 Å². The maximum Gasteiger partial charge on any atom is 0.345 e. The smallest absolute Gasteiger partial charge is 0.325 e. The number of carbonyl (C=O) groups is 1. The average molecular weight is 412 g/mol. The van der Waals surface area contributed by atoms with E-state index in [4.69, 9.17) is 0 Å². The van der Waals surface area contributed by atoms with Gasteiger partial charge in [-0.1, -0.05) is 25.0 Å². The van der Waals surface area contributed by atoms with Gasteiger partial charge in [-0.25, -0.2) is 9.48 Å². The molecule has 0 radical (unpaired) electrons. The SMILES string of the molecule is Cc1ccc(C)c(NC(=O)CN2CCC(c3nn(C)c(=O)n3C3CCCC3)CC2)c1. The number of nitrogens with zero attached hydrogens (tertiary/aromatic N) is 4. The highest BCUT2D eigenvalue weighted by molar-refractivity contribution is 5.93. The molecule has 1 aromatic carbocycles. The molecule has 0 atom stereocenters. The Balaban J connectivity index is 1.36. The Morgan fingerprint density at radius 2 is 1.83 bits per heavy atom. The molecule has 2 heterocycles. The second-order valence-electron chi connectivity index (χ2n) is 8.99. The largest absolute Gasteiger partial charge is 0.345 e. The van der Waals surface area contributed by atoms with Crippen molar-refractivity contribution in [2.75, 3.05) is 25.0 Å². The Morgan fingerprint density at radius 3 is 2.53 bits per heavy atom. The number of amides is 1. The molecule has 1 N–H and O–H groups in total. The third-order valence-electron chi connectivity index (χ3n) is 6.66. The molecule has 30 heavy (non-hydrogen) atoms. The number of rotatable bonds is 5. The highest BCUT2D eigenvalue weighted by Gasteiger charge is 2.30. The van der Waals surface area contributed by atoms with Crippen molar-refractivity contribution in [2.45, 2.75) is 64.3 Å². The maximum absolute atomic E-state index is 12.7. The van der Waals surface area contributed by atoms with Crippen LogP contribution in [0, 0.1) is 13.8 Å². The summed E-state index contributed by atoms with van der Waals surface area (Å²) in [6, 6.07) is 6.41. The Kier molecular flexibility index (Phi) is 6.09. The first-order valence-corrected chi connectivity index (χ1v) is 11.2. The Morgan fingerprint density at radius 1 is 1.13 bits per heavy atom. The quantitative estimate of drug-likeness (QED) is 0.821. The first-order valence-electron chi connectivity index (χ1n) is 11.2. The van der Waals surface area contributed by atoms with Gasteiger partial charge in [0.25, 0.3) is 0 Å². The highest BCUT2D eigenvalue weighted by Crippen LogP contribution is 2.33. The lowest BCUT2D eigenvalue weighted by Crippen LogP contribution is -2.39. The summed E-state index contributed by atoms with van der Waals surface area (Å²) >= 11 is 0. The topological polar surface area (TPSA) is 72.2 Å². The fraction of sp³-hybridized carbons (Fsp3) is 0.609. The van der Waals surface area contributed by atoms with Gasteiger partial charge in [0.15, 0.2) is 0 Å². The number of likely N-dealkylation sites (tertiary alicyclic amines) is 1. The fourth-order valence-electron chi connectivity index (χ4n) is 4.90. The van der Waals surface area contributed by atoms with E-state index in [1.165, 1.54) is 17.5 Å². The molecule has 2 aliphatic rings. The van der Waals surface area contributed by atoms with Gasteiger partial charge in [-0.3, -0.25) is 14.3 Å². The molecule has 0 spiro atoms. The molecule has 0 unspecified atom stereocenters. The number of aryl methyl sites for hydroxylation is 3. The van der Waals surface area contributed by atoms with Crippen molar-refractivity contribution in [3.05, 3.63) is 45.6 Å². The van der Waals surface area contributed by atoms with Gasteiger partial charge >= 0.3 is 5.69 Å². The van der Waals surface area contributed by atoms with Gasteiger partial charge in [0.1, 0.15) is 5.82 Å². The van der Waals surface area contributed by atoms with Crippen LogP contribution in [0.25, 0.3) is 0 Å². The van der Waals surface area contributed by atoms with E-state index in [0.29, 0.717) is 12.6 Å². The van der Waals surface area contributed by atoms with Crippen molar-refractivity contribution in [3.8, 4) is 0 Å². The predicted octanol–water partition coefficient (Wildman–Crippen LogP) is 3.13. The van der Waals surface area contributed by atoms with Crippen molar-refractivity contribution in [1.29, 1.82) is 0 Å². The van der Waals surface area contributed by atoms with Crippen molar-refractivity contribution in [3.63, 3.8) is 0 Å². The number of aromatic nitrogens is 3. The lowest BCUT2D eigenvalue weighted by atomic mass is 9.95. The van der Waals surface area contributed by atoms with Gasteiger partial charge in [-0.2, -0.15) is 5.10 Å². The summed E-state index contributed by atoms with van der Waals surface area (Å²) in [6.45, 7) is 6.14. The molecule has 7 nitrogen and oxygen atoms in total. The van der Waals surface area contributed by atoms with Gasteiger partial charge in [-0.05, 0) is 69.8 Å². The molecule has 1 aliphatic heterocycles. The van der Waals surface area contributed by atoms with Crippen LogP contribution in [0.2, 0.25) is 0 Å². The molecule has 1 saturated heterocycles. The maximum atomic E-state index is 12.7. The molecule has 4 rings (SSSR count). The number of benzene rings is 1. The second-order valence-corrected chi connectivity index (χ2v) is 8.99. The molecule has 7 heteroatoms. The Hall–Kier alpha value is -2.41. The Bertz CT molecular complexity index is 962. The van der Waals surface area contributed by atoms with Gasteiger partial charge in [0.05, 0.1) is 6.54 Å². The molecule has 1 aliphatic carbocycles. The minimum atomic E-state index is 0.0206. The van der Waals surface area contributed by atoms with Crippen LogP contribution in [0.15, 0.2) is 23.0 Å². The average Bonchev–Trinajstić information content (AvgIpc) is 3.34. The summed E-state index contributed by atoms with van der Waals surface area (Å²) in [5.74, 6) is 1.27. The standard InChI is InChI=1S/C23H33N5O2/c1-16-8-9-17(2)20(14-16)24-21(29)15-27-12-10-18(11-13-27)22-25-26(3)23(30)28(22)19-6-4-5-7-19/h8-9,14,18-19H,4-7,10-13,15H2,1-3H3,(H,24,29). The van der Waals surface area contributed by atoms with E-state index < -0.39 is 0 Å². The normalized spacial score (nSPS) is 18.8. The molecule has 1 saturated carbocycles. The van der Waals surface area contributed by atoms with Gasteiger partial charge < -0.3 is 5.32 Å². The van der Waals surface area contributed by atoms with E-state index in [2.05, 4.69) is 21.4 Å². The third-order valence-corrected chi connectivity index (χ3v) is 6.66. The minimum Gasteiger partial charge on any atom is -0.325 e. The summed E-state index contributed by atoms with van der Waals surface area (Å²) in [6.07, 6.45) is 6.41. The van der Waals surface area contributed by atoms with E-state index >= 15 is 0 Å². The molecular weight excluding hydrogens is 378 g/mol. The van der Waals surface area contributed by atoms with E-state index in [1.54, 1.807) is 7.05 Å². The second kappa shape index (κ2) is 8.76. The first-order chi connectivity index (χ1) is 14.4. The number of nitrogens with one attached hydrogen (secondary N) is 1. The zero-order valence-corrected chi connectivity index (χ0v) is 18.4. The highest BCUT2D eigenvalue weighted by atomic mass is 16.2. The molecule has 1 amide bonds. The molecule has 0 bridgehead atoms. The molecular formula is C23H33N5O2. The molecule has 1 aromatic heterocycles.